The number of nitrogens with zero attached hydrogens (tertiary/aromatic N) is 1. The lowest BCUT2D eigenvalue weighted by atomic mass is 10.1. The van der Waals surface area contributed by atoms with Gasteiger partial charge in [-0.1, -0.05) is 29.8 Å². The van der Waals surface area contributed by atoms with E-state index >= 15 is 0 Å². The van der Waals surface area contributed by atoms with Crippen LogP contribution in [-0.4, -0.2) is 35.1 Å². The van der Waals surface area contributed by atoms with Crippen LogP contribution in [-0.2, 0) is 4.79 Å². The maximum Gasteiger partial charge on any atom is 0.246 e. The number of aliphatic hydroxyl groups is 1. The molecule has 0 unspecified atom stereocenters. The predicted molar refractivity (Wildman–Crippen MR) is 87.7 cm³/mol. The van der Waals surface area contributed by atoms with Gasteiger partial charge in [-0.15, -0.1) is 11.3 Å². The lowest BCUT2D eigenvalue weighted by Gasteiger charge is -2.28. The Hall–Kier alpha value is -1.36. The minimum Gasteiger partial charge on any atom is -0.393 e. The Bertz CT molecular complexity index is 687. The highest BCUT2D eigenvalue weighted by atomic mass is 35.5. The Balaban J connectivity index is 1.75. The summed E-state index contributed by atoms with van der Waals surface area (Å²) in [6, 6.07) is 7.95. The molecule has 1 aromatic carbocycles. The maximum absolute atomic E-state index is 12.1. The Morgan fingerprint density at radius 3 is 2.76 bits per heavy atom. The van der Waals surface area contributed by atoms with Crippen LogP contribution in [0.15, 0.2) is 30.3 Å². The molecule has 0 radical (unpaired) electrons. The SMILES string of the molecule is O=C(/C=C/c1sc2ccccc2c1Cl)N1CCC(O)CC1. The summed E-state index contributed by atoms with van der Waals surface area (Å²) in [6.45, 7) is 1.23. The van der Waals surface area contributed by atoms with E-state index in [1.807, 2.05) is 24.3 Å². The van der Waals surface area contributed by atoms with Gasteiger partial charge in [0.15, 0.2) is 0 Å². The fourth-order valence-corrected chi connectivity index (χ4v) is 3.88. The van der Waals surface area contributed by atoms with Crippen LogP contribution in [0, 0.1) is 0 Å². The van der Waals surface area contributed by atoms with E-state index in [1.54, 1.807) is 28.4 Å². The number of aliphatic hydroxyl groups excluding tert-OH is 1. The summed E-state index contributed by atoms with van der Waals surface area (Å²) in [6.07, 6.45) is 4.41. The minimum absolute atomic E-state index is 0.0181. The zero-order valence-electron chi connectivity index (χ0n) is 11.5. The van der Waals surface area contributed by atoms with Crippen LogP contribution >= 0.6 is 22.9 Å². The van der Waals surface area contributed by atoms with Crippen LogP contribution < -0.4 is 0 Å². The molecule has 0 bridgehead atoms. The van der Waals surface area contributed by atoms with Gasteiger partial charge < -0.3 is 10.0 Å². The predicted octanol–water partition coefficient (Wildman–Crippen LogP) is 3.55. The zero-order chi connectivity index (χ0) is 14.8. The maximum atomic E-state index is 12.1. The molecule has 5 heteroatoms. The smallest absolute Gasteiger partial charge is 0.246 e. The summed E-state index contributed by atoms with van der Waals surface area (Å²) in [5.74, 6) is -0.0181. The number of carbonyl (C=O) groups is 1. The third kappa shape index (κ3) is 3.12. The molecule has 1 fully saturated rings. The molecule has 110 valence electrons. The van der Waals surface area contributed by atoms with Crippen LogP contribution in [0.4, 0.5) is 0 Å². The molecule has 2 heterocycles. The number of carbonyl (C=O) groups excluding carboxylic acids is 1. The molecule has 1 aliphatic heterocycles. The van der Waals surface area contributed by atoms with Crippen molar-refractivity contribution in [2.75, 3.05) is 13.1 Å². The van der Waals surface area contributed by atoms with Gasteiger partial charge in [0.25, 0.3) is 0 Å². The highest BCUT2D eigenvalue weighted by Crippen LogP contribution is 2.35. The third-order valence-electron chi connectivity index (χ3n) is 3.71. The zero-order valence-corrected chi connectivity index (χ0v) is 13.0. The van der Waals surface area contributed by atoms with Crippen LogP contribution in [0.2, 0.25) is 5.02 Å². The van der Waals surface area contributed by atoms with Gasteiger partial charge in [-0.25, -0.2) is 0 Å². The molecule has 1 N–H and O–H groups in total. The van der Waals surface area contributed by atoms with E-state index in [0.29, 0.717) is 31.0 Å². The van der Waals surface area contributed by atoms with Gasteiger partial charge in [-0.05, 0) is 25.0 Å². The molecule has 0 atom stereocenters. The molecule has 0 saturated carbocycles. The van der Waals surface area contributed by atoms with E-state index in [0.717, 1.165) is 15.0 Å². The molecule has 0 spiro atoms. The van der Waals surface area contributed by atoms with Crippen molar-refractivity contribution in [2.45, 2.75) is 18.9 Å². The first-order chi connectivity index (χ1) is 10.1. The Kier molecular flexibility index (Phi) is 4.29. The summed E-state index contributed by atoms with van der Waals surface area (Å²) in [4.78, 5) is 14.8. The molecule has 1 aliphatic rings. The fourth-order valence-electron chi connectivity index (χ4n) is 2.48. The highest BCUT2D eigenvalue weighted by Gasteiger charge is 2.19. The quantitative estimate of drug-likeness (QED) is 0.859. The normalized spacial score (nSPS) is 17.0. The highest BCUT2D eigenvalue weighted by molar-refractivity contribution is 7.20. The van der Waals surface area contributed by atoms with Crippen molar-refractivity contribution >= 4 is 45.0 Å². The van der Waals surface area contributed by atoms with E-state index in [2.05, 4.69) is 0 Å². The molecule has 3 rings (SSSR count). The molecule has 1 amide bonds. The van der Waals surface area contributed by atoms with Crippen LogP contribution in [0.25, 0.3) is 16.2 Å². The van der Waals surface area contributed by atoms with Crippen LogP contribution in [0.1, 0.15) is 17.7 Å². The molecule has 1 saturated heterocycles. The van der Waals surface area contributed by atoms with E-state index in [4.69, 9.17) is 11.6 Å². The first-order valence-electron chi connectivity index (χ1n) is 6.97. The second-order valence-electron chi connectivity index (χ2n) is 5.17. The number of thiophene rings is 1. The lowest BCUT2D eigenvalue weighted by Crippen LogP contribution is -2.39. The van der Waals surface area contributed by atoms with Crippen molar-refractivity contribution in [2.24, 2.45) is 0 Å². The number of rotatable bonds is 2. The average molecular weight is 322 g/mol. The van der Waals surface area contributed by atoms with Crippen molar-refractivity contribution in [3.8, 4) is 0 Å². The van der Waals surface area contributed by atoms with Gasteiger partial charge in [-0.3, -0.25) is 4.79 Å². The number of likely N-dealkylation sites (tertiary alicyclic amines) is 1. The Morgan fingerprint density at radius 2 is 2.05 bits per heavy atom. The average Bonchev–Trinajstić information content (AvgIpc) is 2.82. The van der Waals surface area contributed by atoms with Gasteiger partial charge in [0.05, 0.1) is 11.1 Å². The lowest BCUT2D eigenvalue weighted by molar-refractivity contribution is -0.127. The minimum atomic E-state index is -0.268. The standard InChI is InChI=1S/C16H16ClNO2S/c17-16-12-3-1-2-4-13(12)21-14(16)5-6-15(20)18-9-7-11(19)8-10-18/h1-6,11,19H,7-10H2/b6-5+. The number of benzene rings is 1. The van der Waals surface area contributed by atoms with Crippen molar-refractivity contribution in [3.05, 3.63) is 40.2 Å². The molecule has 2 aromatic rings. The summed E-state index contributed by atoms with van der Waals surface area (Å²) in [5.41, 5.74) is 0. The largest absolute Gasteiger partial charge is 0.393 e. The molecule has 0 aliphatic carbocycles. The van der Waals surface area contributed by atoms with Crippen LogP contribution in [0.5, 0.6) is 0 Å². The van der Waals surface area contributed by atoms with E-state index in [-0.39, 0.29) is 12.0 Å². The number of halogens is 1. The van der Waals surface area contributed by atoms with Gasteiger partial charge in [0, 0.05) is 34.1 Å². The Labute approximate surface area is 132 Å². The number of fused-ring (bicyclic) bond motifs is 1. The number of piperidine rings is 1. The molecule has 3 nitrogen and oxygen atoms in total. The van der Waals surface area contributed by atoms with Crippen molar-refractivity contribution in [3.63, 3.8) is 0 Å². The van der Waals surface area contributed by atoms with Crippen molar-refractivity contribution < 1.29 is 9.90 Å². The topological polar surface area (TPSA) is 40.5 Å². The summed E-state index contributed by atoms with van der Waals surface area (Å²) >= 11 is 7.93. The summed E-state index contributed by atoms with van der Waals surface area (Å²) in [5, 5.41) is 11.2. The molecule has 21 heavy (non-hydrogen) atoms. The van der Waals surface area contributed by atoms with Gasteiger partial charge in [0.1, 0.15) is 0 Å². The number of amides is 1. The van der Waals surface area contributed by atoms with Crippen molar-refractivity contribution in [1.82, 2.24) is 4.90 Å². The molecular formula is C16H16ClNO2S. The van der Waals surface area contributed by atoms with Crippen LogP contribution in [0.3, 0.4) is 0 Å². The molecule has 1 aromatic heterocycles. The number of hydrogen-bond donors (Lipinski definition) is 1. The first-order valence-corrected chi connectivity index (χ1v) is 8.16. The third-order valence-corrected chi connectivity index (χ3v) is 5.37. The van der Waals surface area contributed by atoms with Gasteiger partial charge >= 0.3 is 0 Å². The second-order valence-corrected chi connectivity index (χ2v) is 6.63. The van der Waals surface area contributed by atoms with Gasteiger partial charge in [0.2, 0.25) is 5.91 Å². The number of hydrogen-bond acceptors (Lipinski definition) is 3. The monoisotopic (exact) mass is 321 g/mol. The summed E-state index contributed by atoms with van der Waals surface area (Å²) in [7, 11) is 0. The van der Waals surface area contributed by atoms with E-state index in [1.165, 1.54) is 0 Å². The Morgan fingerprint density at radius 1 is 1.33 bits per heavy atom. The summed E-state index contributed by atoms with van der Waals surface area (Å²) < 4.78 is 1.12. The van der Waals surface area contributed by atoms with E-state index in [9.17, 15) is 9.90 Å². The first kappa shape index (κ1) is 14.6. The van der Waals surface area contributed by atoms with Crippen molar-refractivity contribution in [1.29, 1.82) is 0 Å². The second kappa shape index (κ2) is 6.18. The van der Waals surface area contributed by atoms with E-state index < -0.39 is 0 Å². The fraction of sp³-hybridized carbons (Fsp3) is 0.312. The van der Waals surface area contributed by atoms with Gasteiger partial charge in [-0.2, -0.15) is 0 Å². The molecular weight excluding hydrogens is 306 g/mol.